The molecule has 2 rings (SSSR count). The summed E-state index contributed by atoms with van der Waals surface area (Å²) in [5.41, 5.74) is 0.782. The fourth-order valence-electron chi connectivity index (χ4n) is 1.51. The molecular formula is C12H13BrN2O2. The van der Waals surface area contributed by atoms with Gasteiger partial charge in [0.25, 0.3) is 0 Å². The molecule has 1 aromatic heterocycles. The highest BCUT2D eigenvalue weighted by molar-refractivity contribution is 9.10. The highest BCUT2D eigenvalue weighted by Crippen LogP contribution is 2.28. The van der Waals surface area contributed by atoms with Gasteiger partial charge in [-0.15, -0.1) is 0 Å². The van der Waals surface area contributed by atoms with E-state index in [1.807, 2.05) is 25.1 Å². The number of pyridine rings is 1. The van der Waals surface area contributed by atoms with Crippen LogP contribution in [0.15, 0.2) is 28.7 Å². The number of aromatic hydroxyl groups is 1. The second kappa shape index (κ2) is 4.89. The Labute approximate surface area is 107 Å². The molecule has 17 heavy (non-hydrogen) atoms. The van der Waals surface area contributed by atoms with Gasteiger partial charge in [-0.05, 0) is 25.1 Å². The first-order valence-electron chi connectivity index (χ1n) is 5.27. The largest absolute Gasteiger partial charge is 0.504 e. The quantitative estimate of drug-likeness (QED) is 0.814. The Bertz CT molecular complexity index is 545. The van der Waals surface area contributed by atoms with Gasteiger partial charge in [-0.2, -0.15) is 0 Å². The number of aromatic nitrogens is 1. The molecule has 1 atom stereocenters. The first-order valence-corrected chi connectivity index (χ1v) is 6.06. The molecule has 2 aromatic rings. The number of hydrogen-bond donors (Lipinski definition) is 3. The number of aliphatic hydroxyl groups excluding tert-OH is 1. The van der Waals surface area contributed by atoms with Crippen LogP contribution < -0.4 is 5.32 Å². The van der Waals surface area contributed by atoms with Crippen LogP contribution in [0, 0.1) is 0 Å². The predicted octanol–water partition coefficient (Wildman–Crippen LogP) is 2.50. The molecule has 0 aliphatic rings. The van der Waals surface area contributed by atoms with E-state index in [0.29, 0.717) is 5.82 Å². The van der Waals surface area contributed by atoms with E-state index in [9.17, 15) is 5.11 Å². The van der Waals surface area contributed by atoms with Crippen LogP contribution in [0.2, 0.25) is 0 Å². The second-order valence-corrected chi connectivity index (χ2v) is 4.84. The third-order valence-electron chi connectivity index (χ3n) is 2.42. The van der Waals surface area contributed by atoms with Crippen molar-refractivity contribution < 1.29 is 10.2 Å². The van der Waals surface area contributed by atoms with E-state index < -0.39 is 0 Å². The van der Waals surface area contributed by atoms with Gasteiger partial charge in [0.1, 0.15) is 0 Å². The first kappa shape index (κ1) is 12.1. The predicted molar refractivity (Wildman–Crippen MR) is 71.3 cm³/mol. The molecule has 0 bridgehead atoms. The van der Waals surface area contributed by atoms with Gasteiger partial charge in [0, 0.05) is 15.9 Å². The van der Waals surface area contributed by atoms with Crippen molar-refractivity contribution >= 4 is 32.7 Å². The van der Waals surface area contributed by atoms with Crippen molar-refractivity contribution in [3.05, 3.63) is 28.7 Å². The summed E-state index contributed by atoms with van der Waals surface area (Å²) in [6, 6.07) is 7.15. The van der Waals surface area contributed by atoms with Crippen LogP contribution in [0.3, 0.4) is 0 Å². The molecule has 0 amide bonds. The van der Waals surface area contributed by atoms with Crippen molar-refractivity contribution in [1.29, 1.82) is 0 Å². The normalized spacial score (nSPS) is 12.6. The van der Waals surface area contributed by atoms with E-state index in [1.165, 1.54) is 0 Å². The van der Waals surface area contributed by atoms with Crippen LogP contribution in [0.25, 0.3) is 10.9 Å². The Hall–Kier alpha value is -1.33. The van der Waals surface area contributed by atoms with Gasteiger partial charge < -0.3 is 15.5 Å². The van der Waals surface area contributed by atoms with Crippen molar-refractivity contribution in [2.75, 3.05) is 11.9 Å². The Morgan fingerprint density at radius 1 is 1.41 bits per heavy atom. The maximum Gasteiger partial charge on any atom is 0.169 e. The number of nitrogens with zero attached hydrogens (tertiary/aromatic N) is 1. The monoisotopic (exact) mass is 296 g/mol. The summed E-state index contributed by atoms with van der Waals surface area (Å²) in [4.78, 5) is 4.32. The molecule has 0 fully saturated rings. The Morgan fingerprint density at radius 2 is 2.18 bits per heavy atom. The number of aliphatic hydroxyl groups is 1. The van der Waals surface area contributed by atoms with E-state index in [-0.39, 0.29) is 18.4 Å². The molecule has 0 aliphatic carbocycles. The molecule has 3 N–H and O–H groups in total. The third-order valence-corrected chi connectivity index (χ3v) is 2.91. The SMILES string of the molecule is C[C@@H](CO)Nc1nc2cc(Br)ccc2cc1O. The van der Waals surface area contributed by atoms with E-state index in [4.69, 9.17) is 5.11 Å². The zero-order valence-electron chi connectivity index (χ0n) is 9.31. The summed E-state index contributed by atoms with van der Waals surface area (Å²) in [5.74, 6) is 0.470. The second-order valence-electron chi connectivity index (χ2n) is 3.92. The van der Waals surface area contributed by atoms with Crippen LogP contribution in [-0.4, -0.2) is 27.8 Å². The molecule has 0 aliphatic heterocycles. The zero-order valence-corrected chi connectivity index (χ0v) is 10.9. The number of fused-ring (bicyclic) bond motifs is 1. The van der Waals surface area contributed by atoms with E-state index in [1.54, 1.807) is 6.07 Å². The van der Waals surface area contributed by atoms with Crippen LogP contribution >= 0.6 is 15.9 Å². The van der Waals surface area contributed by atoms with Crippen molar-refractivity contribution in [2.24, 2.45) is 0 Å². The van der Waals surface area contributed by atoms with Crippen LogP contribution in [0.4, 0.5) is 5.82 Å². The molecule has 1 heterocycles. The molecule has 0 radical (unpaired) electrons. The van der Waals surface area contributed by atoms with E-state index in [2.05, 4.69) is 26.2 Å². The minimum Gasteiger partial charge on any atom is -0.504 e. The van der Waals surface area contributed by atoms with Crippen molar-refractivity contribution in [3.8, 4) is 5.75 Å². The summed E-state index contributed by atoms with van der Waals surface area (Å²) in [5, 5.41) is 22.6. The maximum atomic E-state index is 9.80. The van der Waals surface area contributed by atoms with Crippen LogP contribution in [0.5, 0.6) is 5.75 Å². The molecule has 90 valence electrons. The number of anilines is 1. The van der Waals surface area contributed by atoms with Gasteiger partial charge in [0.05, 0.1) is 12.1 Å². The van der Waals surface area contributed by atoms with Crippen LogP contribution in [0.1, 0.15) is 6.92 Å². The number of rotatable bonds is 3. The van der Waals surface area contributed by atoms with Gasteiger partial charge in [-0.1, -0.05) is 22.0 Å². The lowest BCUT2D eigenvalue weighted by Crippen LogP contribution is -2.20. The third kappa shape index (κ3) is 2.68. The fraction of sp³-hybridized carbons (Fsp3) is 0.250. The highest BCUT2D eigenvalue weighted by atomic mass is 79.9. The molecule has 4 nitrogen and oxygen atoms in total. The zero-order chi connectivity index (χ0) is 12.4. The number of halogens is 1. The van der Waals surface area contributed by atoms with Gasteiger partial charge >= 0.3 is 0 Å². The molecule has 0 spiro atoms. The summed E-state index contributed by atoms with van der Waals surface area (Å²) in [7, 11) is 0. The van der Waals surface area contributed by atoms with E-state index >= 15 is 0 Å². The molecule has 0 unspecified atom stereocenters. The maximum absolute atomic E-state index is 9.80. The molecule has 5 heteroatoms. The Kier molecular flexibility index (Phi) is 3.49. The summed E-state index contributed by atoms with van der Waals surface area (Å²) >= 11 is 3.38. The minimum absolute atomic E-state index is 0.0162. The molecule has 0 saturated carbocycles. The first-order chi connectivity index (χ1) is 8.10. The molecule has 1 aromatic carbocycles. The van der Waals surface area contributed by atoms with Crippen molar-refractivity contribution in [1.82, 2.24) is 4.98 Å². The lowest BCUT2D eigenvalue weighted by Gasteiger charge is -2.13. The summed E-state index contributed by atoms with van der Waals surface area (Å²) in [6.07, 6.45) is 0. The average molecular weight is 297 g/mol. The topological polar surface area (TPSA) is 65.4 Å². The number of hydrogen-bond acceptors (Lipinski definition) is 4. The average Bonchev–Trinajstić information content (AvgIpc) is 2.30. The fourth-order valence-corrected chi connectivity index (χ4v) is 1.86. The molecule has 0 saturated heterocycles. The summed E-state index contributed by atoms with van der Waals surface area (Å²) in [6.45, 7) is 1.80. The van der Waals surface area contributed by atoms with Crippen molar-refractivity contribution in [2.45, 2.75) is 13.0 Å². The van der Waals surface area contributed by atoms with E-state index in [0.717, 1.165) is 15.4 Å². The standard InChI is InChI=1S/C12H13BrN2O2/c1-7(6-16)14-12-11(17)4-8-2-3-9(13)5-10(8)15-12/h2-5,7,16-17H,6H2,1H3,(H,14,15)/t7-/m0/s1. The Morgan fingerprint density at radius 3 is 2.88 bits per heavy atom. The molecular weight excluding hydrogens is 284 g/mol. The van der Waals surface area contributed by atoms with Crippen LogP contribution in [-0.2, 0) is 0 Å². The number of nitrogens with one attached hydrogen (secondary N) is 1. The van der Waals surface area contributed by atoms with Gasteiger partial charge in [-0.25, -0.2) is 4.98 Å². The minimum atomic E-state index is -0.155. The summed E-state index contributed by atoms with van der Waals surface area (Å²) < 4.78 is 0.935. The van der Waals surface area contributed by atoms with Gasteiger partial charge in [0.15, 0.2) is 11.6 Å². The lowest BCUT2D eigenvalue weighted by atomic mass is 10.2. The van der Waals surface area contributed by atoms with Crippen molar-refractivity contribution in [3.63, 3.8) is 0 Å². The Balaban J connectivity index is 2.46. The lowest BCUT2D eigenvalue weighted by molar-refractivity contribution is 0.281. The van der Waals surface area contributed by atoms with Gasteiger partial charge in [-0.3, -0.25) is 0 Å². The highest BCUT2D eigenvalue weighted by Gasteiger charge is 2.08. The smallest absolute Gasteiger partial charge is 0.169 e. The van der Waals surface area contributed by atoms with Gasteiger partial charge in [0.2, 0.25) is 0 Å². The number of benzene rings is 1.